The average molecular weight is 522 g/mol. The van der Waals surface area contributed by atoms with Crippen molar-refractivity contribution in [2.75, 3.05) is 13.2 Å². The summed E-state index contributed by atoms with van der Waals surface area (Å²) < 4.78 is 15.5. The zero-order chi connectivity index (χ0) is 26.0. The number of aliphatic hydroxyl groups is 2. The van der Waals surface area contributed by atoms with Crippen molar-refractivity contribution < 1.29 is 19.4 Å². The van der Waals surface area contributed by atoms with Crippen molar-refractivity contribution in [3.63, 3.8) is 0 Å². The Kier molecular flexibility index (Phi) is 8.46. The van der Waals surface area contributed by atoms with E-state index in [9.17, 15) is 15.2 Å². The molecule has 0 bridgehead atoms. The highest BCUT2D eigenvalue weighted by atomic mass is 35.5. The maximum Gasteiger partial charge on any atom is 0.237 e. The van der Waals surface area contributed by atoms with Crippen LogP contribution in [0.3, 0.4) is 0 Å². The Morgan fingerprint density at radius 1 is 1.26 bits per heavy atom. The number of carbonyl (C=O) groups excluding carboxylic acids is 1. The lowest BCUT2D eigenvalue weighted by Gasteiger charge is -2.40. The summed E-state index contributed by atoms with van der Waals surface area (Å²) in [6.07, 6.45) is -0.823. The number of hydrogen-bond donors (Lipinski definition) is 4. The molecule has 6 nitrogen and oxygen atoms in total. The van der Waals surface area contributed by atoms with Crippen molar-refractivity contribution in [2.24, 2.45) is 5.41 Å². The number of carbonyl (C=O) groups is 1. The first-order valence-electron chi connectivity index (χ1n) is 11.4. The van der Waals surface area contributed by atoms with Gasteiger partial charge in [0.25, 0.3) is 0 Å². The van der Waals surface area contributed by atoms with E-state index in [1.807, 2.05) is 20.8 Å². The van der Waals surface area contributed by atoms with Gasteiger partial charge in [0.15, 0.2) is 0 Å². The molecule has 188 valence electrons. The van der Waals surface area contributed by atoms with Gasteiger partial charge in [-0.25, -0.2) is 4.39 Å². The first-order valence-corrected chi connectivity index (χ1v) is 12.2. The van der Waals surface area contributed by atoms with E-state index in [1.165, 1.54) is 6.07 Å². The Hall–Kier alpha value is -2.21. The van der Waals surface area contributed by atoms with E-state index in [1.54, 1.807) is 36.4 Å². The minimum absolute atomic E-state index is 0.101. The third-order valence-corrected chi connectivity index (χ3v) is 7.13. The highest BCUT2D eigenvalue weighted by Gasteiger charge is 2.62. The number of aliphatic hydroxyl groups excluding tert-OH is 2. The zero-order valence-electron chi connectivity index (χ0n) is 19.9. The summed E-state index contributed by atoms with van der Waals surface area (Å²) in [5.41, 5.74) is -1.10. The molecular weight excluding hydrogens is 492 g/mol. The van der Waals surface area contributed by atoms with Crippen LogP contribution in [-0.2, 0) is 10.2 Å². The van der Waals surface area contributed by atoms with Gasteiger partial charge in [-0.05, 0) is 41.2 Å². The SMILES string of the molecule is CC(C)(C)[C@@H]1N[C@@H](C(=O)NCC[C@H](O)CO)C(c2cccc(Cl)c2F)[C@@]1(C#N)c1ccc(Cl)cc1. The van der Waals surface area contributed by atoms with Gasteiger partial charge in [-0.15, -0.1) is 0 Å². The molecule has 0 spiro atoms. The van der Waals surface area contributed by atoms with Gasteiger partial charge in [-0.2, -0.15) is 5.26 Å². The summed E-state index contributed by atoms with van der Waals surface area (Å²) in [5, 5.41) is 36.0. The largest absolute Gasteiger partial charge is 0.394 e. The Bertz CT molecular complexity index is 1100. The second-order valence-corrected chi connectivity index (χ2v) is 10.8. The van der Waals surface area contributed by atoms with E-state index >= 15 is 4.39 Å². The predicted octanol–water partition coefficient (Wildman–Crippen LogP) is 3.92. The fourth-order valence-corrected chi connectivity index (χ4v) is 5.34. The predicted molar refractivity (Wildman–Crippen MR) is 134 cm³/mol. The van der Waals surface area contributed by atoms with Gasteiger partial charge < -0.3 is 15.5 Å². The van der Waals surface area contributed by atoms with Crippen molar-refractivity contribution in [2.45, 2.75) is 56.7 Å². The van der Waals surface area contributed by atoms with E-state index in [2.05, 4.69) is 16.7 Å². The minimum atomic E-state index is -1.35. The van der Waals surface area contributed by atoms with E-state index in [4.69, 9.17) is 28.3 Å². The first-order chi connectivity index (χ1) is 16.5. The molecule has 35 heavy (non-hydrogen) atoms. The van der Waals surface area contributed by atoms with Crippen LogP contribution in [0.1, 0.15) is 44.2 Å². The van der Waals surface area contributed by atoms with Crippen LogP contribution in [-0.4, -0.2) is 47.5 Å². The lowest BCUT2D eigenvalue weighted by molar-refractivity contribution is -0.123. The number of nitriles is 1. The molecule has 2 aromatic rings. The number of hydrogen-bond acceptors (Lipinski definition) is 5. The number of benzene rings is 2. The molecule has 5 atom stereocenters. The molecule has 1 aliphatic rings. The fourth-order valence-electron chi connectivity index (χ4n) is 5.03. The van der Waals surface area contributed by atoms with Gasteiger partial charge in [0.1, 0.15) is 11.2 Å². The van der Waals surface area contributed by atoms with Gasteiger partial charge in [0.05, 0.1) is 29.8 Å². The van der Waals surface area contributed by atoms with Crippen molar-refractivity contribution in [3.05, 3.63) is 69.5 Å². The number of nitrogens with one attached hydrogen (secondary N) is 2. The van der Waals surface area contributed by atoms with E-state index in [-0.39, 0.29) is 23.6 Å². The summed E-state index contributed by atoms with van der Waals surface area (Å²) >= 11 is 12.3. The average Bonchev–Trinajstić information content (AvgIpc) is 3.17. The Morgan fingerprint density at radius 2 is 1.91 bits per heavy atom. The standard InChI is InChI=1S/C26H30Cl2FN3O3/c1-25(2,3)24-26(14-30,15-7-9-16(27)10-8-15)20(18-5-4-6-19(28)21(18)29)22(32-24)23(35)31-12-11-17(34)13-33/h4-10,17,20,22,24,32-34H,11-13H2,1-3H3,(H,31,35)/t17-,20?,22+,24-,26+/m0/s1. The molecule has 1 amide bonds. The van der Waals surface area contributed by atoms with Crippen LogP contribution in [0, 0.1) is 22.6 Å². The first kappa shape index (κ1) is 27.4. The second-order valence-electron chi connectivity index (χ2n) is 9.97. The van der Waals surface area contributed by atoms with E-state index in [0.29, 0.717) is 10.6 Å². The zero-order valence-corrected chi connectivity index (χ0v) is 21.4. The molecular formula is C26H30Cl2FN3O3. The van der Waals surface area contributed by atoms with Crippen LogP contribution in [0.15, 0.2) is 42.5 Å². The van der Waals surface area contributed by atoms with Crippen molar-refractivity contribution >= 4 is 29.1 Å². The molecule has 1 heterocycles. The van der Waals surface area contributed by atoms with Crippen LogP contribution in [0.2, 0.25) is 10.0 Å². The van der Waals surface area contributed by atoms with Crippen molar-refractivity contribution in [1.29, 1.82) is 5.26 Å². The molecule has 1 aliphatic heterocycles. The van der Waals surface area contributed by atoms with Gasteiger partial charge in [-0.1, -0.05) is 68.2 Å². The molecule has 0 aliphatic carbocycles. The molecule has 1 saturated heterocycles. The monoisotopic (exact) mass is 521 g/mol. The maximum atomic E-state index is 15.5. The number of halogens is 3. The molecule has 0 radical (unpaired) electrons. The van der Waals surface area contributed by atoms with Gasteiger partial charge in [0, 0.05) is 23.5 Å². The fraction of sp³-hybridized carbons (Fsp3) is 0.462. The third-order valence-electron chi connectivity index (χ3n) is 6.58. The van der Waals surface area contributed by atoms with Crippen LogP contribution in [0.25, 0.3) is 0 Å². The summed E-state index contributed by atoms with van der Waals surface area (Å²) in [6, 6.07) is 12.3. The highest BCUT2D eigenvalue weighted by molar-refractivity contribution is 6.31. The minimum Gasteiger partial charge on any atom is -0.394 e. The molecule has 0 aromatic heterocycles. The summed E-state index contributed by atoms with van der Waals surface area (Å²) in [6.45, 7) is 5.54. The smallest absolute Gasteiger partial charge is 0.237 e. The third kappa shape index (κ3) is 5.32. The quantitative estimate of drug-likeness (QED) is 0.441. The molecule has 4 N–H and O–H groups in total. The van der Waals surface area contributed by atoms with Crippen LogP contribution in [0.5, 0.6) is 0 Å². The van der Waals surface area contributed by atoms with Crippen LogP contribution < -0.4 is 10.6 Å². The molecule has 9 heteroatoms. The van der Waals surface area contributed by atoms with Crippen molar-refractivity contribution in [1.82, 2.24) is 10.6 Å². The normalized spacial score (nSPS) is 25.2. The van der Waals surface area contributed by atoms with Crippen LogP contribution in [0.4, 0.5) is 4.39 Å². The Balaban J connectivity index is 2.21. The van der Waals surface area contributed by atoms with E-state index in [0.717, 1.165) is 0 Å². The highest BCUT2D eigenvalue weighted by Crippen LogP contribution is 2.53. The lowest BCUT2D eigenvalue weighted by Crippen LogP contribution is -2.50. The van der Waals surface area contributed by atoms with Gasteiger partial charge in [-0.3, -0.25) is 10.1 Å². The molecule has 0 saturated carbocycles. The Morgan fingerprint density at radius 3 is 2.49 bits per heavy atom. The lowest BCUT2D eigenvalue weighted by atomic mass is 9.60. The number of nitrogens with zero attached hydrogens (tertiary/aromatic N) is 1. The number of rotatable bonds is 7. The summed E-state index contributed by atoms with van der Waals surface area (Å²) in [4.78, 5) is 13.5. The molecule has 2 aromatic carbocycles. The topological polar surface area (TPSA) is 105 Å². The summed E-state index contributed by atoms with van der Waals surface area (Å²) in [5.74, 6) is -2.06. The van der Waals surface area contributed by atoms with Crippen LogP contribution >= 0.6 is 23.2 Å². The van der Waals surface area contributed by atoms with Crippen molar-refractivity contribution in [3.8, 4) is 6.07 Å². The Labute approximate surface area is 215 Å². The molecule has 3 rings (SSSR count). The number of amides is 1. The van der Waals surface area contributed by atoms with Gasteiger partial charge >= 0.3 is 0 Å². The second kappa shape index (κ2) is 10.8. The molecule has 1 unspecified atom stereocenters. The van der Waals surface area contributed by atoms with Gasteiger partial charge in [0.2, 0.25) is 5.91 Å². The summed E-state index contributed by atoms with van der Waals surface area (Å²) in [7, 11) is 0. The van der Waals surface area contributed by atoms with E-state index < -0.39 is 53.3 Å². The maximum absolute atomic E-state index is 15.5. The molecule has 1 fully saturated rings.